The highest BCUT2D eigenvalue weighted by Gasteiger charge is 2.63. The zero-order chi connectivity index (χ0) is 18.8. The maximum absolute atomic E-state index is 11.8. The van der Waals surface area contributed by atoms with Gasteiger partial charge in [-0.25, -0.2) is 13.5 Å². The Bertz CT molecular complexity index is 268. The van der Waals surface area contributed by atoms with Crippen LogP contribution in [0.5, 0.6) is 0 Å². The van der Waals surface area contributed by atoms with Gasteiger partial charge < -0.3 is 0 Å². The van der Waals surface area contributed by atoms with E-state index < -0.39 is 38.4 Å². The van der Waals surface area contributed by atoms with Crippen LogP contribution in [-0.4, -0.2) is 38.4 Å². The molecule has 0 saturated heterocycles. The normalized spacial score (nSPS) is 10.8. The predicted molar refractivity (Wildman–Crippen MR) is 65.3 cm³/mol. The lowest BCUT2D eigenvalue weighted by molar-refractivity contribution is -0.466. The van der Waals surface area contributed by atoms with Crippen LogP contribution >= 0.6 is 0 Å². The smallest absolute Gasteiger partial charge is 0.244 e. The molecule has 0 atom stereocenters. The summed E-state index contributed by atoms with van der Waals surface area (Å²) in [6.45, 7) is -4.30. The van der Waals surface area contributed by atoms with Crippen LogP contribution < -0.4 is 0 Å². The Hall–Kier alpha value is -1.06. The van der Waals surface area contributed by atoms with E-state index in [9.17, 15) is 61.6 Å². The molecule has 0 unspecified atom stereocenters. The Morgan fingerprint density at radius 3 is 0.962 bits per heavy atom. The molecule has 0 heterocycles. The molecule has 0 radical (unpaired) electrons. The summed E-state index contributed by atoms with van der Waals surface area (Å²) in [5.41, 5.74) is 0. The average Bonchev–Trinajstić information content (AvgIpc) is 2.23. The molecule has 0 rings (SSSR count). The largest absolute Gasteiger partial charge is 0.559 e. The maximum atomic E-state index is 11.8. The molecule has 0 aromatic carbocycles. The summed E-state index contributed by atoms with van der Waals surface area (Å²) in [4.78, 5) is 2.38. The van der Waals surface area contributed by atoms with Crippen molar-refractivity contribution in [3.63, 3.8) is 0 Å². The third-order valence-corrected chi connectivity index (χ3v) is 0.879. The maximum Gasteiger partial charge on any atom is 0.559 e. The molecule has 0 aromatic heterocycles. The van der Waals surface area contributed by atoms with Crippen LogP contribution in [0.25, 0.3) is 0 Å². The quantitative estimate of drug-likeness (QED) is 0.422. The molecule has 0 aliphatic heterocycles. The molecule has 0 saturated carbocycles. The number of hydrogen-bond acceptors (Lipinski definition) is 2. The van der Waals surface area contributed by atoms with Crippen molar-refractivity contribution in [1.29, 1.82) is 0 Å². The van der Waals surface area contributed by atoms with Crippen LogP contribution in [0.1, 0.15) is 29.7 Å². The van der Waals surface area contributed by atoms with Crippen LogP contribution in [0.15, 0.2) is 0 Å². The Morgan fingerprint density at radius 1 is 0.615 bits per heavy atom. The summed E-state index contributed by atoms with van der Waals surface area (Å²) in [6, 6.07) is 0. The zero-order valence-corrected chi connectivity index (χ0v) is 9.52. The Labute approximate surface area is 141 Å². The average molecular weight is 438 g/mol. The lowest BCUT2D eigenvalue weighted by Crippen LogP contribution is -2.47. The number of rotatable bonds is 4. The van der Waals surface area contributed by atoms with Crippen LogP contribution in [-0.2, 0) is 9.68 Å². The second-order valence-corrected chi connectivity index (χ2v) is 2.55. The Kier molecular flexibility index (Phi) is 29.7. The molecule has 16 heteroatoms. The summed E-state index contributed by atoms with van der Waals surface area (Å²) >= 11 is 0. The van der Waals surface area contributed by atoms with Crippen molar-refractivity contribution in [2.75, 3.05) is 13.5 Å². The van der Waals surface area contributed by atoms with E-state index in [1.807, 2.05) is 0 Å². The first kappa shape index (κ1) is 44.4. The standard InChI is InChI=1S/C4H2F8O.CF4.CH2F2O.4CH4/c5-1-2(6,7)3(8,9)13-4(10,11)12;2-1(3,4)5;2-1-4-3;;;;/h1H2;;1H2;4*1H4. The summed E-state index contributed by atoms with van der Waals surface area (Å²) in [5, 5.41) is 0. The zero-order valence-electron chi connectivity index (χ0n) is 9.52. The summed E-state index contributed by atoms with van der Waals surface area (Å²) < 4.78 is 152. The molecule has 0 N–H and O–H groups in total. The van der Waals surface area contributed by atoms with Gasteiger partial charge in [-0.3, -0.25) is 0 Å². The van der Waals surface area contributed by atoms with Crippen molar-refractivity contribution < 1.29 is 71.3 Å². The first-order chi connectivity index (χ1) is 9.43. The lowest BCUT2D eigenvalue weighted by atomic mass is 10.3. The van der Waals surface area contributed by atoms with Crippen molar-refractivity contribution in [2.45, 2.75) is 54.5 Å². The highest BCUT2D eigenvalue weighted by atomic mass is 19.5. The molecule has 0 amide bonds. The molecule has 0 spiro atoms. The summed E-state index contributed by atoms with van der Waals surface area (Å²) in [5.74, 6) is -5.50. The molecule has 170 valence electrons. The Morgan fingerprint density at radius 2 is 0.846 bits per heavy atom. The van der Waals surface area contributed by atoms with Gasteiger partial charge in [-0.05, 0) is 4.53 Å². The van der Waals surface area contributed by atoms with Gasteiger partial charge in [0, 0.05) is 0 Å². The molecule has 0 fully saturated rings. The first-order valence-electron chi connectivity index (χ1n) is 4.07. The molecule has 0 aromatic rings. The molecular formula is C10H20F14O2. The minimum atomic E-state index is -5.96. The van der Waals surface area contributed by atoms with Gasteiger partial charge in [0.05, 0.1) is 0 Å². The van der Waals surface area contributed by atoms with Crippen molar-refractivity contribution in [3.05, 3.63) is 0 Å². The van der Waals surface area contributed by atoms with Crippen molar-refractivity contribution in [3.8, 4) is 0 Å². The minimum Gasteiger partial charge on any atom is -0.244 e. The van der Waals surface area contributed by atoms with E-state index in [1.54, 1.807) is 4.74 Å². The highest BCUT2D eigenvalue weighted by Crippen LogP contribution is 2.39. The molecule has 2 nitrogen and oxygen atoms in total. The second kappa shape index (κ2) is 17.4. The third-order valence-electron chi connectivity index (χ3n) is 0.879. The summed E-state index contributed by atoms with van der Waals surface area (Å²) in [6.07, 6.45) is -17.4. The van der Waals surface area contributed by atoms with Gasteiger partial charge in [0.1, 0.15) is 0 Å². The van der Waals surface area contributed by atoms with E-state index in [2.05, 4.69) is 4.94 Å². The van der Waals surface area contributed by atoms with Gasteiger partial charge in [-0.2, -0.15) is 22.5 Å². The van der Waals surface area contributed by atoms with E-state index in [1.165, 1.54) is 0 Å². The number of alkyl halides is 13. The highest BCUT2D eigenvalue weighted by molar-refractivity contribution is 4.76. The fourth-order valence-corrected chi connectivity index (χ4v) is 0.298. The van der Waals surface area contributed by atoms with Gasteiger partial charge in [-0.1, -0.05) is 29.7 Å². The van der Waals surface area contributed by atoms with E-state index in [-0.39, 0.29) is 29.7 Å². The van der Waals surface area contributed by atoms with Gasteiger partial charge in [0.2, 0.25) is 6.86 Å². The van der Waals surface area contributed by atoms with E-state index >= 15 is 0 Å². The number of ether oxygens (including phenoxy) is 1. The van der Waals surface area contributed by atoms with Crippen LogP contribution in [0.3, 0.4) is 0 Å². The molecule has 0 bridgehead atoms. The minimum absolute atomic E-state index is 0. The van der Waals surface area contributed by atoms with Crippen molar-refractivity contribution >= 4 is 0 Å². The van der Waals surface area contributed by atoms with Crippen LogP contribution in [0.2, 0.25) is 0 Å². The van der Waals surface area contributed by atoms with Gasteiger partial charge in [0.15, 0.2) is 6.67 Å². The SMILES string of the molecule is C.C.C.C.FC(F)(F)F.FCC(F)(F)C(F)(F)OC(F)(F)F.FCOF. The van der Waals surface area contributed by atoms with Crippen molar-refractivity contribution in [2.24, 2.45) is 0 Å². The predicted octanol–water partition coefficient (Wildman–Crippen LogP) is 7.56. The molecular weight excluding hydrogens is 418 g/mol. The fourth-order valence-electron chi connectivity index (χ4n) is 0.298. The van der Waals surface area contributed by atoms with Crippen LogP contribution in [0, 0.1) is 0 Å². The Balaban J connectivity index is -0.0000000475. The van der Waals surface area contributed by atoms with E-state index in [4.69, 9.17) is 0 Å². The van der Waals surface area contributed by atoms with Crippen molar-refractivity contribution in [1.82, 2.24) is 0 Å². The number of hydrogen-bond donors (Lipinski definition) is 0. The van der Waals surface area contributed by atoms with Crippen LogP contribution in [0.4, 0.5) is 61.6 Å². The van der Waals surface area contributed by atoms with Gasteiger partial charge in [0.25, 0.3) is 0 Å². The first-order valence-corrected chi connectivity index (χ1v) is 4.07. The lowest BCUT2D eigenvalue weighted by Gasteiger charge is -2.24. The van der Waals surface area contributed by atoms with Gasteiger partial charge in [-0.15, -0.1) is 30.7 Å². The fraction of sp³-hybridized carbons (Fsp3) is 1.00. The topological polar surface area (TPSA) is 18.5 Å². The molecule has 0 aliphatic rings. The van der Waals surface area contributed by atoms with Gasteiger partial charge >= 0.3 is 24.8 Å². The third kappa shape index (κ3) is 34.3. The molecule has 26 heavy (non-hydrogen) atoms. The molecule has 0 aliphatic carbocycles. The second-order valence-electron chi connectivity index (χ2n) is 2.55. The summed E-state index contributed by atoms with van der Waals surface area (Å²) in [7, 11) is 0. The number of halogens is 14. The monoisotopic (exact) mass is 438 g/mol. The van der Waals surface area contributed by atoms with E-state index in [0.717, 1.165) is 0 Å². The van der Waals surface area contributed by atoms with E-state index in [0.29, 0.717) is 0 Å².